The summed E-state index contributed by atoms with van der Waals surface area (Å²) in [5, 5.41) is 4.91. The number of aryl methyl sites for hydroxylation is 1. The van der Waals surface area contributed by atoms with E-state index in [2.05, 4.69) is 319 Å². The Labute approximate surface area is 598 Å². The van der Waals surface area contributed by atoms with Crippen LogP contribution in [0, 0.1) is 0 Å². The Morgan fingerprint density at radius 1 is 0.330 bits per heavy atom. The Morgan fingerprint density at radius 2 is 0.748 bits per heavy atom. The van der Waals surface area contributed by atoms with Gasteiger partial charge in [0, 0.05) is 58.2 Å². The fourth-order valence-corrected chi connectivity index (χ4v) is 14.9. The summed E-state index contributed by atoms with van der Waals surface area (Å²) < 4.78 is 2.34. The molecular formula is C96H67N7. The molecule has 7 heteroatoms. The third-order valence-corrected chi connectivity index (χ3v) is 20.1. The summed E-state index contributed by atoms with van der Waals surface area (Å²) in [5.41, 5.74) is 26.8. The lowest BCUT2D eigenvalue weighted by Gasteiger charge is -2.19. The average Bonchev–Trinajstić information content (AvgIpc) is 1.17. The molecule has 4 aromatic heterocycles. The highest BCUT2D eigenvalue weighted by atomic mass is 15.1. The largest absolute Gasteiger partial charge is 0.296 e. The van der Waals surface area contributed by atoms with Gasteiger partial charge >= 0.3 is 0 Å². The minimum Gasteiger partial charge on any atom is -0.296 e. The van der Waals surface area contributed by atoms with Crippen LogP contribution in [0.1, 0.15) is 36.3 Å². The Bertz CT molecular complexity index is 6000. The van der Waals surface area contributed by atoms with E-state index in [4.69, 9.17) is 19.9 Å². The maximum atomic E-state index is 5.50. The third kappa shape index (κ3) is 12.1. The SMILES string of the molecule is CCc1nc2c(-c3ccc(-c4cc(-c5ccc(-c6ccccn6)cc5)cc(-c5nc(-c6ccccc6)nc(-c6cc(-c7ccccc7)cc(C7C=CC(c8ccccn8)=CC7)c6)n5)c4)cc3)cccc2n1-c1ccc(-c2c3ccccc3c(-c3ccc(-c4ccccc4)cc3)c3ccccc23)cc1. The van der Waals surface area contributed by atoms with E-state index >= 15 is 0 Å². The second-order valence-electron chi connectivity index (χ2n) is 26.3. The first-order valence-electron chi connectivity index (χ1n) is 35.3. The van der Waals surface area contributed by atoms with Gasteiger partial charge in [0.15, 0.2) is 17.5 Å². The summed E-state index contributed by atoms with van der Waals surface area (Å²) in [6.07, 6.45) is 12.1. The average molecular weight is 1320 g/mol. The predicted octanol–water partition coefficient (Wildman–Crippen LogP) is 24.3. The number of imidazole rings is 1. The molecule has 1 atom stereocenters. The molecule has 13 aromatic carbocycles. The molecular weight excluding hydrogens is 1250 g/mol. The van der Waals surface area contributed by atoms with Crippen molar-refractivity contribution in [1.29, 1.82) is 0 Å². The molecule has 1 aliphatic rings. The quantitative estimate of drug-likeness (QED) is 0.0951. The number of fused-ring (bicyclic) bond motifs is 3. The molecule has 0 saturated carbocycles. The molecule has 17 aromatic rings. The van der Waals surface area contributed by atoms with E-state index in [0.29, 0.717) is 17.5 Å². The molecule has 0 spiro atoms. The van der Waals surface area contributed by atoms with Gasteiger partial charge in [0.25, 0.3) is 0 Å². The summed E-state index contributed by atoms with van der Waals surface area (Å²) in [4.78, 5) is 31.0. The Hall–Kier alpha value is -13.4. The number of pyridine rings is 2. The van der Waals surface area contributed by atoms with Crippen molar-refractivity contribution in [1.82, 2.24) is 34.5 Å². The Morgan fingerprint density at radius 3 is 1.27 bits per heavy atom. The van der Waals surface area contributed by atoms with Crippen LogP contribution in [0.15, 0.2) is 358 Å². The van der Waals surface area contributed by atoms with Gasteiger partial charge in [-0.2, -0.15) is 0 Å². The van der Waals surface area contributed by atoms with Crippen LogP contribution in [-0.2, 0) is 6.42 Å². The van der Waals surface area contributed by atoms with Gasteiger partial charge < -0.3 is 0 Å². The maximum absolute atomic E-state index is 5.50. The Kier molecular flexibility index (Phi) is 16.3. The number of hydrogen-bond donors (Lipinski definition) is 0. The van der Waals surface area contributed by atoms with Gasteiger partial charge in [-0.05, 0) is 184 Å². The van der Waals surface area contributed by atoms with Crippen molar-refractivity contribution in [3.63, 3.8) is 0 Å². The van der Waals surface area contributed by atoms with E-state index in [1.165, 1.54) is 54.9 Å². The van der Waals surface area contributed by atoms with Gasteiger partial charge in [-0.15, -0.1) is 0 Å². The minimum absolute atomic E-state index is 0.123. The highest BCUT2D eigenvalue weighted by molar-refractivity contribution is 6.21. The normalized spacial score (nSPS) is 12.8. The van der Waals surface area contributed by atoms with Gasteiger partial charge in [0.2, 0.25) is 0 Å². The zero-order chi connectivity index (χ0) is 68.6. The van der Waals surface area contributed by atoms with Crippen molar-refractivity contribution in [3.8, 4) is 129 Å². The highest BCUT2D eigenvalue weighted by Gasteiger charge is 2.23. The lowest BCUT2D eigenvalue weighted by molar-refractivity contribution is 0.856. The standard InChI is InChI=1S/C96H67N7/c1-2-90-99-93-82(31-20-34-89(93)103(90)81-53-51-73(52-54-81)92-85-29-14-12-27-83(85)91(84-28-13-15-30-86(84)92)72-49-41-65(42-50-72)63-21-6-3-7-22-63)69-43-35-66(36-44-69)77-58-78(68-39-47-71(48-40-68)88-33-17-19-56-98-88)62-80(61-77)96-101-94(74-25-10-5-11-26-74)100-95(102-96)79-59-75(64-23-8-4-9-24-64)57-76(60-79)67-37-45-70(46-38-67)87-32-16-18-55-97-87/h3-37,39-62,67H,2,38H2,1H3. The molecule has 18 rings (SSSR count). The van der Waals surface area contributed by atoms with Crippen LogP contribution in [0.3, 0.4) is 0 Å². The smallest absolute Gasteiger partial charge is 0.164 e. The van der Waals surface area contributed by atoms with Crippen molar-refractivity contribution >= 4 is 38.2 Å². The second kappa shape index (κ2) is 27.1. The lowest BCUT2D eigenvalue weighted by Crippen LogP contribution is -2.03. The van der Waals surface area contributed by atoms with Crippen molar-refractivity contribution in [2.24, 2.45) is 0 Å². The first-order chi connectivity index (χ1) is 51.0. The zero-order valence-corrected chi connectivity index (χ0v) is 56.7. The number of para-hydroxylation sites is 1. The number of benzene rings is 13. The summed E-state index contributed by atoms with van der Waals surface area (Å²) in [6.45, 7) is 2.19. The second-order valence-corrected chi connectivity index (χ2v) is 26.3. The number of nitrogens with zero attached hydrogens (tertiary/aromatic N) is 7. The third-order valence-electron chi connectivity index (χ3n) is 20.1. The molecule has 1 aliphatic carbocycles. The van der Waals surface area contributed by atoms with Crippen molar-refractivity contribution in [2.75, 3.05) is 0 Å². The number of rotatable bonds is 15. The molecule has 0 saturated heterocycles. The number of hydrogen-bond acceptors (Lipinski definition) is 6. The van der Waals surface area contributed by atoms with E-state index in [1.807, 2.05) is 60.9 Å². The molecule has 7 nitrogen and oxygen atoms in total. The van der Waals surface area contributed by atoms with Crippen LogP contribution < -0.4 is 0 Å². The van der Waals surface area contributed by atoms with E-state index in [9.17, 15) is 0 Å². The van der Waals surface area contributed by atoms with Gasteiger partial charge in [0.05, 0.1) is 22.4 Å². The van der Waals surface area contributed by atoms with Gasteiger partial charge in [-0.25, -0.2) is 19.9 Å². The van der Waals surface area contributed by atoms with Crippen LogP contribution in [0.2, 0.25) is 0 Å². The molecule has 1 unspecified atom stereocenters. The van der Waals surface area contributed by atoms with Gasteiger partial charge in [-0.3, -0.25) is 14.5 Å². The molecule has 0 amide bonds. The molecule has 0 bridgehead atoms. The molecule has 0 fully saturated rings. The molecule has 103 heavy (non-hydrogen) atoms. The first-order valence-corrected chi connectivity index (χ1v) is 35.3. The summed E-state index contributed by atoms with van der Waals surface area (Å²) >= 11 is 0. The lowest BCUT2D eigenvalue weighted by atomic mass is 9.85. The van der Waals surface area contributed by atoms with Crippen LogP contribution >= 0.6 is 0 Å². The van der Waals surface area contributed by atoms with Crippen LogP contribution in [0.5, 0.6) is 0 Å². The highest BCUT2D eigenvalue weighted by Crippen LogP contribution is 2.46. The molecule has 0 N–H and O–H groups in total. The minimum atomic E-state index is 0.123. The maximum Gasteiger partial charge on any atom is 0.164 e. The Balaban J connectivity index is 0.709. The van der Waals surface area contributed by atoms with E-state index < -0.39 is 0 Å². The summed E-state index contributed by atoms with van der Waals surface area (Å²) in [6, 6.07) is 117. The number of aromatic nitrogens is 7. The summed E-state index contributed by atoms with van der Waals surface area (Å²) in [7, 11) is 0. The monoisotopic (exact) mass is 1320 g/mol. The van der Waals surface area contributed by atoms with Crippen LogP contribution in [-0.4, -0.2) is 34.5 Å². The molecule has 4 heterocycles. The first kappa shape index (κ1) is 61.9. The molecule has 0 radical (unpaired) electrons. The van der Waals surface area contributed by atoms with Crippen LogP contribution in [0.25, 0.3) is 167 Å². The van der Waals surface area contributed by atoms with Gasteiger partial charge in [0.1, 0.15) is 5.82 Å². The van der Waals surface area contributed by atoms with Crippen molar-refractivity contribution in [3.05, 3.63) is 375 Å². The van der Waals surface area contributed by atoms with E-state index in [-0.39, 0.29) is 5.92 Å². The predicted molar refractivity (Wildman–Crippen MR) is 425 cm³/mol. The fourth-order valence-electron chi connectivity index (χ4n) is 14.9. The van der Waals surface area contributed by atoms with E-state index in [0.717, 1.165) is 125 Å². The van der Waals surface area contributed by atoms with Gasteiger partial charge in [-0.1, -0.05) is 280 Å². The van der Waals surface area contributed by atoms with Crippen molar-refractivity contribution in [2.45, 2.75) is 25.7 Å². The zero-order valence-electron chi connectivity index (χ0n) is 56.7. The topological polar surface area (TPSA) is 82.3 Å². The van der Waals surface area contributed by atoms with Crippen LogP contribution in [0.4, 0.5) is 0 Å². The summed E-state index contributed by atoms with van der Waals surface area (Å²) in [5.74, 6) is 2.88. The molecule has 0 aliphatic heterocycles. The van der Waals surface area contributed by atoms with Crippen molar-refractivity contribution < 1.29 is 0 Å². The molecule has 486 valence electrons. The number of allylic oxidation sites excluding steroid dienone is 4. The fraction of sp³-hybridized carbons (Fsp3) is 0.0417. The van der Waals surface area contributed by atoms with E-state index in [1.54, 1.807) is 0 Å².